The van der Waals surface area contributed by atoms with Crippen LogP contribution in [0.2, 0.25) is 0 Å². The zero-order valence-electron chi connectivity index (χ0n) is 10.5. The topological polar surface area (TPSA) is 61.6 Å². The Morgan fingerprint density at radius 1 is 1.32 bits per heavy atom. The number of nitriles is 1. The third kappa shape index (κ3) is 3.52. The molecule has 2 aromatic rings. The van der Waals surface area contributed by atoms with E-state index in [2.05, 4.69) is 44.2 Å². The van der Waals surface area contributed by atoms with E-state index in [0.717, 1.165) is 29.0 Å². The number of halogens is 1. The van der Waals surface area contributed by atoms with Crippen molar-refractivity contribution in [3.05, 3.63) is 46.3 Å². The van der Waals surface area contributed by atoms with Gasteiger partial charge in [0.2, 0.25) is 0 Å². The first-order valence-electron chi connectivity index (χ1n) is 6.02. The van der Waals surface area contributed by atoms with Gasteiger partial charge in [-0.3, -0.25) is 0 Å². The van der Waals surface area contributed by atoms with E-state index < -0.39 is 0 Å². The molecule has 1 aromatic heterocycles. The molecule has 1 heterocycles. The normalized spacial score (nSPS) is 9.95. The van der Waals surface area contributed by atoms with Crippen molar-refractivity contribution in [2.45, 2.75) is 19.8 Å². The Bertz CT molecular complexity index is 619. The summed E-state index contributed by atoms with van der Waals surface area (Å²) in [5.41, 5.74) is 1.34. The molecule has 1 N–H and O–H groups in total. The first-order chi connectivity index (χ1) is 9.22. The number of nitrogens with zero attached hydrogens (tertiary/aromatic N) is 3. The molecule has 0 aliphatic rings. The van der Waals surface area contributed by atoms with Crippen molar-refractivity contribution in [2.75, 3.05) is 5.32 Å². The number of aryl methyl sites for hydroxylation is 1. The van der Waals surface area contributed by atoms with E-state index >= 15 is 0 Å². The first kappa shape index (κ1) is 13.5. The second-order valence-electron chi connectivity index (χ2n) is 4.02. The number of hydrogen-bond acceptors (Lipinski definition) is 4. The van der Waals surface area contributed by atoms with Gasteiger partial charge in [0.15, 0.2) is 0 Å². The monoisotopic (exact) mass is 316 g/mol. The van der Waals surface area contributed by atoms with Crippen LogP contribution in [0.25, 0.3) is 0 Å². The molecule has 5 heteroatoms. The van der Waals surface area contributed by atoms with Gasteiger partial charge in [-0.15, -0.1) is 0 Å². The molecule has 0 atom stereocenters. The van der Waals surface area contributed by atoms with Crippen molar-refractivity contribution >= 4 is 27.4 Å². The minimum Gasteiger partial charge on any atom is -0.339 e. The molecule has 0 unspecified atom stereocenters. The van der Waals surface area contributed by atoms with Crippen LogP contribution in [0.4, 0.5) is 11.5 Å². The highest BCUT2D eigenvalue weighted by molar-refractivity contribution is 9.10. The number of rotatable bonds is 4. The summed E-state index contributed by atoms with van der Waals surface area (Å²) in [5.74, 6) is 1.47. The summed E-state index contributed by atoms with van der Waals surface area (Å²) < 4.78 is 0.739. The van der Waals surface area contributed by atoms with Gasteiger partial charge >= 0.3 is 0 Å². The maximum atomic E-state index is 9.06. The maximum Gasteiger partial charge on any atom is 0.135 e. The molecule has 0 amide bonds. The highest BCUT2D eigenvalue weighted by Gasteiger charge is 2.05. The average molecular weight is 317 g/mol. The van der Waals surface area contributed by atoms with Gasteiger partial charge in [-0.05, 0) is 34.5 Å². The third-order valence-corrected chi connectivity index (χ3v) is 2.93. The summed E-state index contributed by atoms with van der Waals surface area (Å²) in [4.78, 5) is 8.74. The Morgan fingerprint density at radius 2 is 2.11 bits per heavy atom. The Hall–Kier alpha value is -1.93. The maximum absolute atomic E-state index is 9.06. The van der Waals surface area contributed by atoms with Crippen LogP contribution in [-0.4, -0.2) is 9.97 Å². The number of aromatic nitrogens is 2. The highest BCUT2D eigenvalue weighted by Crippen LogP contribution is 2.21. The Labute approximate surface area is 120 Å². The van der Waals surface area contributed by atoms with Gasteiger partial charge in [0.25, 0.3) is 0 Å². The molecule has 4 nitrogen and oxygen atoms in total. The molecule has 1 aromatic carbocycles. The van der Waals surface area contributed by atoms with Gasteiger partial charge in [0.05, 0.1) is 11.3 Å². The second kappa shape index (κ2) is 6.30. The zero-order chi connectivity index (χ0) is 13.7. The van der Waals surface area contributed by atoms with Crippen molar-refractivity contribution in [2.24, 2.45) is 0 Å². The number of hydrogen-bond donors (Lipinski definition) is 1. The predicted molar refractivity (Wildman–Crippen MR) is 78.2 cm³/mol. The van der Waals surface area contributed by atoms with Gasteiger partial charge < -0.3 is 5.32 Å². The van der Waals surface area contributed by atoms with Crippen LogP contribution in [0.1, 0.15) is 24.7 Å². The fourth-order valence-corrected chi connectivity index (χ4v) is 2.11. The lowest BCUT2D eigenvalue weighted by Gasteiger charge is -2.08. The minimum absolute atomic E-state index is 0.592. The fourth-order valence-electron chi connectivity index (χ4n) is 1.69. The number of para-hydroxylation sites is 1. The summed E-state index contributed by atoms with van der Waals surface area (Å²) in [6.45, 7) is 2.09. The Morgan fingerprint density at radius 3 is 2.84 bits per heavy atom. The molecule has 0 aliphatic heterocycles. The third-order valence-electron chi connectivity index (χ3n) is 2.53. The molecular formula is C14H13BrN4. The molecule has 0 fully saturated rings. The quantitative estimate of drug-likeness (QED) is 0.871. The molecule has 0 aliphatic carbocycles. The second-order valence-corrected chi connectivity index (χ2v) is 4.84. The molecule has 0 saturated carbocycles. The fraction of sp³-hybridized carbons (Fsp3) is 0.214. The standard InChI is InChI=1S/C14H13BrN4/c1-2-5-13-18-12(15)8-14(19-13)17-11-7-4-3-6-10(11)9-16/h3-4,6-8H,2,5H2,1H3,(H,17,18,19). The zero-order valence-corrected chi connectivity index (χ0v) is 12.1. The van der Waals surface area contributed by atoms with Crippen LogP contribution in [-0.2, 0) is 6.42 Å². The van der Waals surface area contributed by atoms with Gasteiger partial charge in [0.1, 0.15) is 22.3 Å². The average Bonchev–Trinajstić information content (AvgIpc) is 2.39. The largest absolute Gasteiger partial charge is 0.339 e. The smallest absolute Gasteiger partial charge is 0.135 e. The van der Waals surface area contributed by atoms with Crippen molar-refractivity contribution in [3.8, 4) is 6.07 Å². The summed E-state index contributed by atoms with van der Waals surface area (Å²) >= 11 is 3.38. The van der Waals surface area contributed by atoms with Crippen molar-refractivity contribution in [1.82, 2.24) is 9.97 Å². The Balaban J connectivity index is 2.30. The number of nitrogens with one attached hydrogen (secondary N) is 1. The number of anilines is 2. The van der Waals surface area contributed by atoms with Crippen LogP contribution < -0.4 is 5.32 Å². The van der Waals surface area contributed by atoms with Gasteiger partial charge in [0, 0.05) is 12.5 Å². The summed E-state index contributed by atoms with van der Waals surface area (Å²) in [7, 11) is 0. The summed E-state index contributed by atoms with van der Waals surface area (Å²) in [6.07, 6.45) is 1.82. The minimum atomic E-state index is 0.592. The van der Waals surface area contributed by atoms with Crippen molar-refractivity contribution < 1.29 is 0 Å². The van der Waals surface area contributed by atoms with E-state index in [1.54, 1.807) is 12.1 Å². The molecule has 0 saturated heterocycles. The lowest BCUT2D eigenvalue weighted by molar-refractivity contribution is 0.831. The van der Waals surface area contributed by atoms with E-state index in [-0.39, 0.29) is 0 Å². The van der Waals surface area contributed by atoms with E-state index in [9.17, 15) is 0 Å². The van der Waals surface area contributed by atoms with E-state index in [0.29, 0.717) is 11.4 Å². The highest BCUT2D eigenvalue weighted by atomic mass is 79.9. The van der Waals surface area contributed by atoms with Crippen LogP contribution in [0, 0.1) is 11.3 Å². The molecule has 2 rings (SSSR count). The van der Waals surface area contributed by atoms with E-state index in [1.165, 1.54) is 0 Å². The summed E-state index contributed by atoms with van der Waals surface area (Å²) in [5, 5.41) is 12.2. The van der Waals surface area contributed by atoms with Crippen molar-refractivity contribution in [1.29, 1.82) is 5.26 Å². The van der Waals surface area contributed by atoms with E-state index in [1.807, 2.05) is 18.2 Å². The SMILES string of the molecule is CCCc1nc(Br)cc(Nc2ccccc2C#N)n1. The molecule has 96 valence electrons. The van der Waals surface area contributed by atoms with Gasteiger partial charge in [-0.1, -0.05) is 19.1 Å². The molecule has 19 heavy (non-hydrogen) atoms. The predicted octanol–water partition coefficient (Wildman–Crippen LogP) is 3.81. The first-order valence-corrected chi connectivity index (χ1v) is 6.82. The van der Waals surface area contributed by atoms with Crippen LogP contribution >= 0.6 is 15.9 Å². The van der Waals surface area contributed by atoms with Gasteiger partial charge in [-0.25, -0.2) is 9.97 Å². The van der Waals surface area contributed by atoms with Crippen LogP contribution in [0.5, 0.6) is 0 Å². The molecule has 0 radical (unpaired) electrons. The van der Waals surface area contributed by atoms with Crippen LogP contribution in [0.3, 0.4) is 0 Å². The Kier molecular flexibility index (Phi) is 4.48. The number of benzene rings is 1. The molecular weight excluding hydrogens is 304 g/mol. The van der Waals surface area contributed by atoms with Crippen molar-refractivity contribution in [3.63, 3.8) is 0 Å². The molecule has 0 spiro atoms. The van der Waals surface area contributed by atoms with Gasteiger partial charge in [-0.2, -0.15) is 5.26 Å². The lowest BCUT2D eigenvalue weighted by atomic mass is 10.2. The van der Waals surface area contributed by atoms with Crippen LogP contribution in [0.15, 0.2) is 34.9 Å². The summed E-state index contributed by atoms with van der Waals surface area (Å²) in [6, 6.07) is 11.3. The van der Waals surface area contributed by atoms with E-state index in [4.69, 9.17) is 5.26 Å². The lowest BCUT2D eigenvalue weighted by Crippen LogP contribution is -2.01. The molecule has 0 bridgehead atoms.